The van der Waals surface area contributed by atoms with E-state index in [1.807, 2.05) is 12.1 Å². The van der Waals surface area contributed by atoms with Crippen molar-refractivity contribution in [1.29, 1.82) is 0 Å². The van der Waals surface area contributed by atoms with Crippen molar-refractivity contribution >= 4 is 0 Å². The summed E-state index contributed by atoms with van der Waals surface area (Å²) in [6.07, 6.45) is 3.57. The van der Waals surface area contributed by atoms with Gasteiger partial charge in [0.15, 0.2) is 11.5 Å². The maximum atomic E-state index is 6.37. The predicted molar refractivity (Wildman–Crippen MR) is 79.2 cm³/mol. The number of rotatable bonds is 5. The molecule has 20 heavy (non-hydrogen) atoms. The van der Waals surface area contributed by atoms with Crippen LogP contribution in [0.1, 0.15) is 37.8 Å². The molecule has 0 radical (unpaired) electrons. The van der Waals surface area contributed by atoms with Gasteiger partial charge in [-0.3, -0.25) is 4.90 Å². The van der Waals surface area contributed by atoms with Crippen LogP contribution in [0.3, 0.4) is 0 Å². The highest BCUT2D eigenvalue weighted by molar-refractivity contribution is 5.44. The molecule has 110 valence electrons. The van der Waals surface area contributed by atoms with Crippen LogP contribution in [-0.4, -0.2) is 37.2 Å². The largest absolute Gasteiger partial charge is 0.490 e. The molecule has 0 aromatic heterocycles. The lowest BCUT2D eigenvalue weighted by Crippen LogP contribution is -2.33. The van der Waals surface area contributed by atoms with Crippen molar-refractivity contribution < 1.29 is 9.47 Å². The summed E-state index contributed by atoms with van der Waals surface area (Å²) in [7, 11) is 0. The zero-order valence-corrected chi connectivity index (χ0v) is 12.2. The van der Waals surface area contributed by atoms with Gasteiger partial charge in [0.05, 0.1) is 13.2 Å². The number of benzene rings is 1. The van der Waals surface area contributed by atoms with Gasteiger partial charge in [-0.15, -0.1) is 0 Å². The van der Waals surface area contributed by atoms with Crippen molar-refractivity contribution in [2.75, 3.05) is 26.3 Å². The minimum absolute atomic E-state index is 0.0349. The second-order valence-electron chi connectivity index (χ2n) is 5.68. The Morgan fingerprint density at radius 3 is 2.70 bits per heavy atom. The van der Waals surface area contributed by atoms with Crippen molar-refractivity contribution in [3.8, 4) is 11.5 Å². The molecule has 4 nitrogen and oxygen atoms in total. The summed E-state index contributed by atoms with van der Waals surface area (Å²) in [6.45, 7) is 5.64. The van der Waals surface area contributed by atoms with Gasteiger partial charge in [0, 0.05) is 25.0 Å². The molecular formula is C16H24N2O2. The summed E-state index contributed by atoms with van der Waals surface area (Å²) < 4.78 is 11.4. The average molecular weight is 276 g/mol. The molecule has 1 saturated carbocycles. The van der Waals surface area contributed by atoms with Gasteiger partial charge in [-0.1, -0.05) is 13.0 Å². The van der Waals surface area contributed by atoms with Crippen LogP contribution in [0.4, 0.5) is 0 Å². The van der Waals surface area contributed by atoms with E-state index < -0.39 is 0 Å². The summed E-state index contributed by atoms with van der Waals surface area (Å²) >= 11 is 0. The zero-order chi connectivity index (χ0) is 13.9. The SMILES string of the molecule is CCN(CC(N)c1ccc2c(c1)OCCCO2)C1CC1. The van der Waals surface area contributed by atoms with Crippen LogP contribution in [0.2, 0.25) is 0 Å². The van der Waals surface area contributed by atoms with Gasteiger partial charge >= 0.3 is 0 Å². The monoisotopic (exact) mass is 276 g/mol. The quantitative estimate of drug-likeness (QED) is 0.896. The van der Waals surface area contributed by atoms with E-state index in [0.29, 0.717) is 0 Å². The molecule has 0 saturated heterocycles. The van der Waals surface area contributed by atoms with E-state index in [2.05, 4.69) is 17.9 Å². The number of ether oxygens (including phenoxy) is 2. The number of hydrogen-bond donors (Lipinski definition) is 1. The smallest absolute Gasteiger partial charge is 0.161 e. The number of nitrogens with zero attached hydrogens (tertiary/aromatic N) is 1. The fourth-order valence-corrected chi connectivity index (χ4v) is 2.74. The van der Waals surface area contributed by atoms with Gasteiger partial charge in [0.2, 0.25) is 0 Å². The van der Waals surface area contributed by atoms with E-state index in [1.165, 1.54) is 12.8 Å². The molecule has 1 atom stereocenters. The second-order valence-corrected chi connectivity index (χ2v) is 5.68. The van der Waals surface area contributed by atoms with E-state index in [4.69, 9.17) is 15.2 Å². The molecule has 1 aliphatic heterocycles. The van der Waals surface area contributed by atoms with E-state index in [0.717, 1.165) is 55.8 Å². The summed E-state index contributed by atoms with van der Waals surface area (Å²) in [5, 5.41) is 0. The van der Waals surface area contributed by atoms with Gasteiger partial charge in [0.1, 0.15) is 0 Å². The lowest BCUT2D eigenvalue weighted by atomic mass is 10.1. The van der Waals surface area contributed by atoms with Crippen molar-refractivity contribution in [2.24, 2.45) is 5.73 Å². The highest BCUT2D eigenvalue weighted by Crippen LogP contribution is 2.33. The fourth-order valence-electron chi connectivity index (χ4n) is 2.74. The first kappa shape index (κ1) is 13.7. The van der Waals surface area contributed by atoms with E-state index in [9.17, 15) is 0 Å². The molecule has 1 heterocycles. The molecule has 4 heteroatoms. The van der Waals surface area contributed by atoms with Gasteiger partial charge in [-0.05, 0) is 37.1 Å². The Morgan fingerprint density at radius 2 is 2.00 bits per heavy atom. The lowest BCUT2D eigenvalue weighted by molar-refractivity contribution is 0.260. The molecule has 1 aromatic carbocycles. The number of fused-ring (bicyclic) bond motifs is 1. The van der Waals surface area contributed by atoms with Crippen molar-refractivity contribution in [1.82, 2.24) is 4.90 Å². The van der Waals surface area contributed by atoms with Crippen LogP contribution < -0.4 is 15.2 Å². The third kappa shape index (κ3) is 3.07. The molecular weight excluding hydrogens is 252 g/mol. The molecule has 0 bridgehead atoms. The molecule has 3 rings (SSSR count). The first-order valence-corrected chi connectivity index (χ1v) is 7.67. The topological polar surface area (TPSA) is 47.7 Å². The predicted octanol–water partition coefficient (Wildman–Crippen LogP) is 2.33. The Bertz CT molecular complexity index is 460. The Morgan fingerprint density at radius 1 is 1.25 bits per heavy atom. The van der Waals surface area contributed by atoms with Crippen LogP contribution >= 0.6 is 0 Å². The minimum atomic E-state index is 0.0349. The number of nitrogens with two attached hydrogens (primary N) is 1. The lowest BCUT2D eigenvalue weighted by Gasteiger charge is -2.24. The Hall–Kier alpha value is -1.26. The molecule has 1 unspecified atom stereocenters. The number of hydrogen-bond acceptors (Lipinski definition) is 4. The molecule has 2 N–H and O–H groups in total. The van der Waals surface area contributed by atoms with Crippen LogP contribution in [0, 0.1) is 0 Å². The van der Waals surface area contributed by atoms with Crippen molar-refractivity contribution in [2.45, 2.75) is 38.3 Å². The van der Waals surface area contributed by atoms with Crippen LogP contribution in [0.15, 0.2) is 18.2 Å². The second kappa shape index (κ2) is 6.02. The van der Waals surface area contributed by atoms with Gasteiger partial charge in [-0.25, -0.2) is 0 Å². The Balaban J connectivity index is 1.70. The maximum absolute atomic E-state index is 6.37. The van der Waals surface area contributed by atoms with Crippen LogP contribution in [0.25, 0.3) is 0 Å². The first-order valence-electron chi connectivity index (χ1n) is 7.67. The molecule has 1 aromatic rings. The highest BCUT2D eigenvalue weighted by Gasteiger charge is 2.29. The fraction of sp³-hybridized carbons (Fsp3) is 0.625. The first-order chi connectivity index (χ1) is 9.78. The maximum Gasteiger partial charge on any atom is 0.161 e. The van der Waals surface area contributed by atoms with Crippen molar-refractivity contribution in [3.05, 3.63) is 23.8 Å². The van der Waals surface area contributed by atoms with Crippen LogP contribution in [-0.2, 0) is 0 Å². The minimum Gasteiger partial charge on any atom is -0.490 e. The summed E-state index contributed by atoms with van der Waals surface area (Å²) in [5.41, 5.74) is 7.50. The molecule has 0 spiro atoms. The van der Waals surface area contributed by atoms with E-state index in [1.54, 1.807) is 0 Å². The van der Waals surface area contributed by atoms with E-state index in [-0.39, 0.29) is 6.04 Å². The van der Waals surface area contributed by atoms with Crippen LogP contribution in [0.5, 0.6) is 11.5 Å². The molecule has 1 aliphatic carbocycles. The molecule has 1 fully saturated rings. The Kier molecular flexibility index (Phi) is 4.13. The zero-order valence-electron chi connectivity index (χ0n) is 12.2. The molecule has 2 aliphatic rings. The summed E-state index contributed by atoms with van der Waals surface area (Å²) in [6, 6.07) is 6.90. The average Bonchev–Trinajstić information content (AvgIpc) is 3.30. The van der Waals surface area contributed by atoms with E-state index >= 15 is 0 Å². The van der Waals surface area contributed by atoms with Crippen molar-refractivity contribution in [3.63, 3.8) is 0 Å². The summed E-state index contributed by atoms with van der Waals surface area (Å²) in [5.74, 6) is 1.68. The number of likely N-dealkylation sites (N-methyl/N-ethyl adjacent to an activating group) is 1. The third-order valence-corrected chi connectivity index (χ3v) is 4.10. The standard InChI is InChI=1S/C16H24N2O2/c1-2-18(13-5-6-13)11-14(17)12-4-7-15-16(10-12)20-9-3-8-19-15/h4,7,10,13-14H,2-3,5-6,8-9,11,17H2,1H3. The summed E-state index contributed by atoms with van der Waals surface area (Å²) in [4.78, 5) is 2.48. The van der Waals surface area contributed by atoms with Gasteiger partial charge in [0.25, 0.3) is 0 Å². The Labute approximate surface area is 120 Å². The normalized spacial score (nSPS) is 19.8. The van der Waals surface area contributed by atoms with Gasteiger partial charge in [-0.2, -0.15) is 0 Å². The van der Waals surface area contributed by atoms with Gasteiger partial charge < -0.3 is 15.2 Å². The molecule has 0 amide bonds. The third-order valence-electron chi connectivity index (χ3n) is 4.10. The highest BCUT2D eigenvalue weighted by atomic mass is 16.5.